The lowest BCUT2D eigenvalue weighted by Crippen LogP contribution is -2.50. The molecule has 0 radical (unpaired) electrons. The van der Waals surface area contributed by atoms with Crippen LogP contribution in [0.15, 0.2) is 213 Å². The molecule has 12 heterocycles. The Hall–Kier alpha value is -13.7. The van der Waals surface area contributed by atoms with Crippen LogP contribution in [0.3, 0.4) is 0 Å². The SMILES string of the molecule is CC(C)CCOc1ccc(C(=O)N2CCC3(CC2)Oc2ccccc2-c2c3cnn2C)cc1.COc1cc(C(=O)N2CCC3(CC2)Oc2ccccc2-n2c(C(F)(F)F)ccc23)ccc1OCC(C)=O.Cn1cc2c(n1)-c1cc(F)ccc1OC21CCN(C(=O)c2ccccc2OC(F)(F)F)CC1.O=C(c1ccc(F)cc1F)N1CCC2(CC1)Oc1cc(Cl)ccc1-n1cccc12.[HH]. The molecule has 4 saturated heterocycles. The van der Waals surface area contributed by atoms with Crippen LogP contribution >= 0.6 is 11.6 Å². The van der Waals surface area contributed by atoms with E-state index in [1.54, 1.807) is 76.1 Å². The van der Waals surface area contributed by atoms with E-state index in [1.165, 1.54) is 66.0 Å². The predicted octanol–water partition coefficient (Wildman–Crippen LogP) is 19.9. The van der Waals surface area contributed by atoms with Gasteiger partial charge in [-0.25, -0.2) is 13.2 Å². The molecule has 4 spiro atoms. The minimum Gasteiger partial charge on any atom is -0.494 e. The number of amides is 4. The summed E-state index contributed by atoms with van der Waals surface area (Å²) in [5.74, 6) is 0.766. The van der Waals surface area contributed by atoms with E-state index >= 15 is 0 Å². The van der Waals surface area contributed by atoms with Crippen LogP contribution in [0.25, 0.3) is 33.9 Å². The Labute approximate surface area is 760 Å². The summed E-state index contributed by atoms with van der Waals surface area (Å²) in [4.78, 5) is 70.1. The zero-order valence-corrected chi connectivity index (χ0v) is 73.5. The minimum atomic E-state index is -4.90. The number of halogens is 10. The number of fused-ring (bicyclic) bond motifs is 16. The Morgan fingerprint density at radius 1 is 0.515 bits per heavy atom. The fourth-order valence-electron chi connectivity index (χ4n) is 18.6. The molecule has 8 aromatic carbocycles. The molecule has 0 atom stereocenters. The van der Waals surface area contributed by atoms with Gasteiger partial charge in [0.1, 0.15) is 81.1 Å². The summed E-state index contributed by atoms with van der Waals surface area (Å²) in [6.45, 7) is 9.52. The largest absolute Gasteiger partial charge is 0.573 e. The molecule has 132 heavy (non-hydrogen) atoms. The Morgan fingerprint density at radius 2 is 1.08 bits per heavy atom. The Morgan fingerprint density at radius 3 is 1.73 bits per heavy atom. The summed E-state index contributed by atoms with van der Waals surface area (Å²) < 4.78 is 174. The van der Waals surface area contributed by atoms with Gasteiger partial charge in [-0.05, 0) is 165 Å². The monoisotopic (exact) mass is 1840 g/mol. The molecular formula is C99H94ClF9N10O13. The second kappa shape index (κ2) is 36.2. The molecule has 0 aliphatic carbocycles. The van der Waals surface area contributed by atoms with Crippen molar-refractivity contribution in [3.8, 4) is 79.9 Å². The van der Waals surface area contributed by atoms with Crippen molar-refractivity contribution in [2.75, 3.05) is 72.7 Å². The Kier molecular flexibility index (Phi) is 24.8. The van der Waals surface area contributed by atoms with Gasteiger partial charge >= 0.3 is 12.5 Å². The highest BCUT2D eigenvalue weighted by Crippen LogP contribution is 2.54. The van der Waals surface area contributed by atoms with Gasteiger partial charge in [-0.1, -0.05) is 61.8 Å². The third-order valence-electron chi connectivity index (χ3n) is 25.3. The maximum atomic E-state index is 14.0. The number of ketones is 1. The molecule has 4 amide bonds. The molecule has 0 bridgehead atoms. The number of carbonyl (C=O) groups excluding carboxylic acids is 5. The third-order valence-corrected chi connectivity index (χ3v) is 25.5. The lowest BCUT2D eigenvalue weighted by atomic mass is 9.81. The summed E-state index contributed by atoms with van der Waals surface area (Å²) in [7, 11) is 5.18. The average molecular weight is 1840 g/mol. The van der Waals surface area contributed by atoms with Gasteiger partial charge in [0, 0.05) is 182 Å². The van der Waals surface area contributed by atoms with Gasteiger partial charge in [0.15, 0.2) is 28.5 Å². The van der Waals surface area contributed by atoms with Crippen molar-refractivity contribution in [3.63, 3.8) is 0 Å². The summed E-state index contributed by atoms with van der Waals surface area (Å²) >= 11 is 6.16. The molecule has 0 saturated carbocycles. The normalized spacial score (nSPS) is 16.4. The number of aromatic nitrogens is 6. The van der Waals surface area contributed by atoms with E-state index in [0.717, 1.165) is 88.8 Å². The molecule has 4 aromatic heterocycles. The molecular weight excluding hydrogens is 1740 g/mol. The van der Waals surface area contributed by atoms with Gasteiger partial charge in [-0.15, -0.1) is 13.2 Å². The molecule has 688 valence electrons. The van der Waals surface area contributed by atoms with Crippen molar-refractivity contribution in [2.45, 2.75) is 114 Å². The first-order valence-corrected chi connectivity index (χ1v) is 43.7. The number of aryl methyl sites for hydroxylation is 2. The predicted molar refractivity (Wildman–Crippen MR) is 471 cm³/mol. The van der Waals surface area contributed by atoms with Gasteiger partial charge in [0.25, 0.3) is 23.6 Å². The maximum Gasteiger partial charge on any atom is 0.573 e. The second-order valence-corrected chi connectivity index (χ2v) is 34.6. The molecule has 8 aliphatic heterocycles. The van der Waals surface area contributed by atoms with Crippen molar-refractivity contribution >= 4 is 41.0 Å². The van der Waals surface area contributed by atoms with E-state index < -0.39 is 75.7 Å². The van der Waals surface area contributed by atoms with E-state index in [2.05, 4.69) is 39.4 Å². The molecule has 8 aliphatic rings. The van der Waals surface area contributed by atoms with Gasteiger partial charge < -0.3 is 66.6 Å². The number of hydrogen-bond acceptors (Lipinski definition) is 15. The molecule has 4 fully saturated rings. The number of rotatable bonds is 13. The van der Waals surface area contributed by atoms with Crippen LogP contribution in [0.1, 0.15) is 150 Å². The van der Waals surface area contributed by atoms with E-state index in [0.29, 0.717) is 158 Å². The number of nitrogens with zero attached hydrogens (tertiary/aromatic N) is 10. The fraction of sp³-hybridized carbons (Fsp3) is 0.323. The minimum absolute atomic E-state index is 0. The zero-order valence-electron chi connectivity index (χ0n) is 72.8. The molecule has 0 unspecified atom stereocenters. The number of hydrogen-bond donors (Lipinski definition) is 0. The van der Waals surface area contributed by atoms with E-state index in [9.17, 15) is 63.5 Å². The third kappa shape index (κ3) is 18.0. The number of likely N-dealkylation sites (tertiary alicyclic amines) is 4. The standard InChI is InChI=1S/C27H25F3N2O5.C27H31N3O3.C23H19F4N3O3.C22H17ClF2N2O2.H2/c1-17(33)16-36-21-8-7-18(15-22(21)35-2)25(34)31-13-11-26(12-14-31)23-9-10-24(27(28,29)30)32(23)19-5-3-4-6-20(19)37-26;1-19(2)12-17-32-21-10-8-20(9-11-21)26(31)30-15-13-27(14-16-30)23-18-28-29(3)25(23)22-6-4-5-7-24(22)33-27;1-29-13-17-20(28-29)16-12-14(24)6-7-19(16)32-22(17)8-10-30(11-9-22)21(31)15-4-2-3-5-18(15)33-23(25,26)27;23-14-3-6-18-19(12-14)29-22(20-2-1-9-27(18)20)7-10-26(11-8-22)21(28)16-5-4-15(24)13-17(16)25;/h3-10,15H,11-14,16H2,1-2H3;4-11,18-19H,12-17H2,1-3H3;2-7,12-13H,8-11H2,1H3;1-6,9,12-13H,7-8,10-11H2;1H. The van der Waals surface area contributed by atoms with Crippen LogP contribution in [-0.4, -0.2) is 157 Å². The van der Waals surface area contributed by atoms with Crippen molar-refractivity contribution in [1.29, 1.82) is 0 Å². The van der Waals surface area contributed by atoms with Crippen LogP contribution < -0.4 is 37.9 Å². The van der Waals surface area contributed by atoms with Crippen LogP contribution in [-0.2, 0) is 47.5 Å². The highest BCUT2D eigenvalue weighted by molar-refractivity contribution is 6.30. The highest BCUT2D eigenvalue weighted by atomic mass is 35.5. The summed E-state index contributed by atoms with van der Waals surface area (Å²) in [6, 6.07) is 51.7. The topological polar surface area (TPSA) is 218 Å². The van der Waals surface area contributed by atoms with E-state index in [4.69, 9.17) is 44.8 Å². The molecule has 12 aromatic rings. The number of methoxy groups -OCH3 is 1. The fourth-order valence-corrected chi connectivity index (χ4v) is 18.8. The highest BCUT2D eigenvalue weighted by Gasteiger charge is 2.52. The number of benzene rings is 8. The number of ether oxygens (including phenoxy) is 8. The van der Waals surface area contributed by atoms with Crippen molar-refractivity contribution in [1.82, 2.24) is 48.3 Å². The Balaban J connectivity index is 0.000000129. The van der Waals surface area contributed by atoms with Gasteiger partial charge in [0.05, 0.1) is 59.5 Å². The lowest BCUT2D eigenvalue weighted by molar-refractivity contribution is -0.274. The molecule has 20 rings (SSSR count). The lowest BCUT2D eigenvalue weighted by Gasteiger charge is -2.45. The van der Waals surface area contributed by atoms with Gasteiger partial charge in [0.2, 0.25) is 0 Å². The zero-order chi connectivity index (χ0) is 92.9. The number of Topliss-reactive ketones (excluding diaryl/α,β-unsaturated/α-hetero) is 1. The Bertz CT molecular complexity index is 6380. The number of para-hydroxylation sites is 4. The van der Waals surface area contributed by atoms with E-state index in [-0.39, 0.29) is 49.8 Å². The average Bonchev–Trinajstić information content (AvgIpc) is 1.57. The first-order valence-electron chi connectivity index (χ1n) is 43.3. The smallest absolute Gasteiger partial charge is 0.494 e. The first-order chi connectivity index (χ1) is 63.2. The van der Waals surface area contributed by atoms with Crippen molar-refractivity contribution < 1.29 is 103 Å². The van der Waals surface area contributed by atoms with Crippen LogP contribution in [0.2, 0.25) is 5.02 Å². The van der Waals surface area contributed by atoms with Crippen molar-refractivity contribution in [2.24, 2.45) is 20.0 Å². The quantitative estimate of drug-likeness (QED) is 0.0981. The van der Waals surface area contributed by atoms with Crippen LogP contribution in [0.5, 0.6) is 46.0 Å². The number of alkyl halides is 6. The summed E-state index contributed by atoms with van der Waals surface area (Å²) in [6.07, 6.45) is 1.36. The summed E-state index contributed by atoms with van der Waals surface area (Å²) in [5, 5.41) is 9.62. The van der Waals surface area contributed by atoms with Crippen LogP contribution in [0.4, 0.5) is 39.5 Å². The van der Waals surface area contributed by atoms with E-state index in [1.807, 2.05) is 102 Å². The van der Waals surface area contributed by atoms with Crippen LogP contribution in [0, 0.1) is 23.4 Å². The summed E-state index contributed by atoms with van der Waals surface area (Å²) in [5.41, 5.74) is 5.28. The molecule has 23 nitrogen and oxygen atoms in total. The number of piperidine rings is 4. The molecule has 33 heteroatoms. The molecule has 0 N–H and O–H groups in total. The van der Waals surface area contributed by atoms with Gasteiger partial charge in [-0.2, -0.15) is 23.4 Å². The second-order valence-electron chi connectivity index (χ2n) is 34.1. The maximum absolute atomic E-state index is 14.0. The van der Waals surface area contributed by atoms with Gasteiger partial charge in [-0.3, -0.25) is 33.3 Å². The van der Waals surface area contributed by atoms with Crippen molar-refractivity contribution in [3.05, 3.63) is 286 Å². The first kappa shape index (κ1) is 90.3. The number of carbonyl (C=O) groups is 5.